The van der Waals surface area contributed by atoms with E-state index in [4.69, 9.17) is 25.2 Å². The van der Waals surface area contributed by atoms with Gasteiger partial charge in [0.25, 0.3) is 0 Å². The van der Waals surface area contributed by atoms with Crippen molar-refractivity contribution in [2.24, 2.45) is 0 Å². The Kier molecular flexibility index (Phi) is 6.57. The molecular weight excluding hydrogens is 587 g/mol. The van der Waals surface area contributed by atoms with Crippen molar-refractivity contribution in [2.45, 2.75) is 56.4 Å². The summed E-state index contributed by atoms with van der Waals surface area (Å²) in [5.41, 5.74) is -0.182. The van der Waals surface area contributed by atoms with Crippen LogP contribution in [0.1, 0.15) is 35.8 Å². The fraction of sp³-hybridized carbons (Fsp3) is 0.423. The topological polar surface area (TPSA) is 116 Å². The summed E-state index contributed by atoms with van der Waals surface area (Å²) in [5.74, 6) is -6.56. The van der Waals surface area contributed by atoms with Gasteiger partial charge in [-0.15, -0.1) is 5.10 Å². The van der Waals surface area contributed by atoms with E-state index in [0.717, 1.165) is 10.9 Å². The molecular formula is C26H27BrF3N3O6. The number of rotatable bonds is 10. The minimum Gasteiger partial charge on any atom is -0.394 e. The van der Waals surface area contributed by atoms with Gasteiger partial charge in [0.1, 0.15) is 42.3 Å². The van der Waals surface area contributed by atoms with Crippen LogP contribution in [-0.2, 0) is 25.6 Å². The standard InChI is InChI=1S/C26H27BrF3N3O6/c1-3-19(35)24(38-12-13-4-6-15(27)7-5-13)26-25(37-2)22(23(36)20(11-34)39-26)33-10-18(31-32-33)14-8-16(28)21(30)17(29)9-14/h4-10,20,22-26,34,36H,3,11-12H2,1-2H3/t20?,22-,23-,24+,25?,26-/m0/s1/i1D3,2D3,3D2. The number of hydrogen-bond acceptors (Lipinski definition) is 8. The molecule has 0 bridgehead atoms. The van der Waals surface area contributed by atoms with Gasteiger partial charge in [0, 0.05) is 30.3 Å². The summed E-state index contributed by atoms with van der Waals surface area (Å²) in [4.78, 5) is 13.7. The predicted octanol–water partition coefficient (Wildman–Crippen LogP) is 3.37. The molecule has 39 heavy (non-hydrogen) atoms. The summed E-state index contributed by atoms with van der Waals surface area (Å²) >= 11 is 3.26. The number of benzene rings is 2. The molecule has 210 valence electrons. The van der Waals surface area contributed by atoms with Crippen molar-refractivity contribution < 1.29 is 53.4 Å². The van der Waals surface area contributed by atoms with Crippen LogP contribution in [-0.4, -0.2) is 75.2 Å². The van der Waals surface area contributed by atoms with Gasteiger partial charge < -0.3 is 24.4 Å². The maximum absolute atomic E-state index is 13.9. The number of aliphatic hydroxyl groups is 2. The van der Waals surface area contributed by atoms with Crippen LogP contribution in [0, 0.1) is 17.5 Å². The Morgan fingerprint density at radius 3 is 2.64 bits per heavy atom. The molecule has 6 atom stereocenters. The SMILES string of the molecule is [2H]C([2H])([2H])OC1[C@H]([C@H](OCc2ccc(Br)cc2)C(=O)C([2H])([2H])C([2H])([2H])[2H])OC(CO)[C@H](O)[C@@H]1n1cc(-c2cc(F)c(F)c(F)c2)nn1. The average molecular weight is 622 g/mol. The highest BCUT2D eigenvalue weighted by Gasteiger charge is 2.51. The molecule has 1 aliphatic rings. The van der Waals surface area contributed by atoms with Gasteiger partial charge in [0.05, 0.1) is 23.5 Å². The summed E-state index contributed by atoms with van der Waals surface area (Å²) in [7, 11) is -3.30. The van der Waals surface area contributed by atoms with Crippen LogP contribution in [0.25, 0.3) is 11.3 Å². The number of carbonyl (C=O) groups excluding carboxylic acids is 1. The first kappa shape index (κ1) is 20.2. The second-order valence-corrected chi connectivity index (χ2v) is 9.49. The van der Waals surface area contributed by atoms with Gasteiger partial charge in [-0.2, -0.15) is 0 Å². The quantitative estimate of drug-likeness (QED) is 0.331. The lowest BCUT2D eigenvalue weighted by Gasteiger charge is -2.45. The van der Waals surface area contributed by atoms with Crippen molar-refractivity contribution >= 4 is 21.7 Å². The molecule has 2 heterocycles. The fourth-order valence-corrected chi connectivity index (χ4v) is 4.49. The van der Waals surface area contributed by atoms with E-state index in [1.165, 1.54) is 0 Å². The molecule has 0 radical (unpaired) electrons. The van der Waals surface area contributed by atoms with Gasteiger partial charge in [-0.3, -0.25) is 4.79 Å². The Bertz CT molecular complexity index is 1560. The van der Waals surface area contributed by atoms with E-state index >= 15 is 0 Å². The lowest BCUT2D eigenvalue weighted by molar-refractivity contribution is -0.240. The molecule has 2 aromatic carbocycles. The maximum atomic E-state index is 13.9. The lowest BCUT2D eigenvalue weighted by atomic mass is 9.88. The number of carbonyl (C=O) groups is 1. The number of halogens is 4. The number of Topliss-reactive ketones (excluding diaryl/α,β-unsaturated/α-hetero) is 1. The molecule has 0 aliphatic carbocycles. The molecule has 1 saturated heterocycles. The van der Waals surface area contributed by atoms with Crippen LogP contribution in [0.2, 0.25) is 0 Å². The van der Waals surface area contributed by atoms with E-state index in [1.807, 2.05) is 0 Å². The molecule has 0 amide bonds. The zero-order chi connectivity index (χ0) is 35.1. The zero-order valence-electron chi connectivity index (χ0n) is 27.8. The number of aliphatic hydroxyl groups excluding tert-OH is 2. The van der Waals surface area contributed by atoms with Crippen molar-refractivity contribution in [2.75, 3.05) is 13.6 Å². The smallest absolute Gasteiger partial charge is 0.194 e. The molecule has 13 heteroatoms. The first-order valence-corrected chi connectivity index (χ1v) is 12.1. The highest BCUT2D eigenvalue weighted by molar-refractivity contribution is 9.10. The van der Waals surface area contributed by atoms with Crippen molar-refractivity contribution in [1.82, 2.24) is 15.0 Å². The third-order valence-electron chi connectivity index (χ3n) is 6.16. The molecule has 3 aromatic rings. The average Bonchev–Trinajstić information content (AvgIpc) is 3.46. The van der Waals surface area contributed by atoms with E-state index in [-0.39, 0.29) is 11.3 Å². The van der Waals surface area contributed by atoms with Crippen LogP contribution >= 0.6 is 15.9 Å². The minimum absolute atomic E-state index is 0.288. The Morgan fingerprint density at radius 2 is 2.00 bits per heavy atom. The molecule has 0 spiro atoms. The number of ketones is 1. The van der Waals surface area contributed by atoms with Gasteiger partial charge in [0.15, 0.2) is 23.2 Å². The number of ether oxygens (including phenoxy) is 3. The summed E-state index contributed by atoms with van der Waals surface area (Å²) < 4.78 is 122. The molecule has 2 N–H and O–H groups in total. The third-order valence-corrected chi connectivity index (χ3v) is 6.69. The first-order valence-electron chi connectivity index (χ1n) is 15.3. The van der Waals surface area contributed by atoms with Crippen LogP contribution in [0.4, 0.5) is 13.2 Å². The van der Waals surface area contributed by atoms with Gasteiger partial charge >= 0.3 is 0 Å². The number of methoxy groups -OCH3 is 1. The van der Waals surface area contributed by atoms with Crippen molar-refractivity contribution in [1.29, 1.82) is 0 Å². The van der Waals surface area contributed by atoms with Crippen LogP contribution in [0.5, 0.6) is 0 Å². The highest BCUT2D eigenvalue weighted by Crippen LogP contribution is 2.35. The second kappa shape index (κ2) is 12.7. The third kappa shape index (κ3) is 6.23. The van der Waals surface area contributed by atoms with E-state index in [2.05, 4.69) is 26.2 Å². The Morgan fingerprint density at radius 1 is 1.28 bits per heavy atom. The summed E-state index contributed by atoms with van der Waals surface area (Å²) in [6, 6.07) is 5.81. The summed E-state index contributed by atoms with van der Waals surface area (Å²) in [5, 5.41) is 28.9. The molecule has 0 saturated carbocycles. The number of hydrogen-bond donors (Lipinski definition) is 2. The predicted molar refractivity (Wildman–Crippen MR) is 135 cm³/mol. The normalized spacial score (nSPS) is 28.1. The Balaban J connectivity index is 1.84. The van der Waals surface area contributed by atoms with Crippen molar-refractivity contribution in [3.63, 3.8) is 0 Å². The zero-order valence-corrected chi connectivity index (χ0v) is 21.4. The van der Waals surface area contributed by atoms with E-state index in [0.29, 0.717) is 22.2 Å². The van der Waals surface area contributed by atoms with Crippen LogP contribution in [0.3, 0.4) is 0 Å². The Hall–Kier alpha value is -2.68. The monoisotopic (exact) mass is 621 g/mol. The molecule has 1 aliphatic heterocycles. The van der Waals surface area contributed by atoms with Gasteiger partial charge in [0.2, 0.25) is 0 Å². The van der Waals surface area contributed by atoms with E-state index in [1.54, 1.807) is 24.3 Å². The van der Waals surface area contributed by atoms with Crippen molar-refractivity contribution in [3.8, 4) is 11.3 Å². The number of nitrogens with zero attached hydrogens (tertiary/aromatic N) is 3. The molecule has 1 fully saturated rings. The fourth-order valence-electron chi connectivity index (χ4n) is 4.22. The summed E-state index contributed by atoms with van der Waals surface area (Å²) in [6.45, 7) is -4.95. The maximum Gasteiger partial charge on any atom is 0.194 e. The van der Waals surface area contributed by atoms with Gasteiger partial charge in [-0.05, 0) is 29.8 Å². The first-order chi connectivity index (χ1) is 21.7. The molecule has 2 unspecified atom stereocenters. The van der Waals surface area contributed by atoms with Gasteiger partial charge in [-0.1, -0.05) is 40.1 Å². The highest BCUT2D eigenvalue weighted by atomic mass is 79.9. The minimum atomic E-state index is -3.58. The lowest BCUT2D eigenvalue weighted by Crippen LogP contribution is -2.61. The molecule has 1 aromatic heterocycles. The van der Waals surface area contributed by atoms with Crippen LogP contribution in [0.15, 0.2) is 47.1 Å². The van der Waals surface area contributed by atoms with E-state index < -0.39 is 93.3 Å². The molecule has 4 rings (SSSR count). The number of aromatic nitrogens is 3. The van der Waals surface area contributed by atoms with Crippen LogP contribution < -0.4 is 0 Å². The summed E-state index contributed by atoms with van der Waals surface area (Å²) in [6.07, 6.45) is -12.4. The van der Waals surface area contributed by atoms with Gasteiger partial charge in [-0.25, -0.2) is 17.9 Å². The Labute approximate surface area is 241 Å². The largest absolute Gasteiger partial charge is 0.394 e. The molecule has 9 nitrogen and oxygen atoms in total. The van der Waals surface area contributed by atoms with Crippen molar-refractivity contribution in [3.05, 3.63) is 70.1 Å². The second-order valence-electron chi connectivity index (χ2n) is 8.57. The van der Waals surface area contributed by atoms with E-state index in [9.17, 15) is 28.2 Å².